The largest absolute Gasteiger partial charge is 0.476 e. The Kier molecular flexibility index (Phi) is 4.29. The maximum atomic E-state index is 10.7. The summed E-state index contributed by atoms with van der Waals surface area (Å²) in [7, 11) is 0. The Bertz CT molecular complexity index is 580. The van der Waals surface area contributed by atoms with Crippen LogP contribution in [0.3, 0.4) is 0 Å². The number of carboxylic acids is 1. The van der Waals surface area contributed by atoms with E-state index in [9.17, 15) is 4.79 Å². The number of carbonyl (C=O) groups is 1. The van der Waals surface area contributed by atoms with Crippen molar-refractivity contribution in [1.29, 1.82) is 0 Å². The van der Waals surface area contributed by atoms with Crippen LogP contribution in [0.15, 0.2) is 29.6 Å². The molecule has 0 aliphatic carbocycles. The number of aromatic carboxylic acids is 1. The predicted octanol–water partition coefficient (Wildman–Crippen LogP) is 3.00. The van der Waals surface area contributed by atoms with Crippen LogP contribution in [0.1, 0.15) is 39.6 Å². The average molecular weight is 276 g/mol. The van der Waals surface area contributed by atoms with Gasteiger partial charge in [0.05, 0.1) is 5.69 Å². The van der Waals surface area contributed by atoms with E-state index in [1.54, 1.807) is 5.38 Å². The molecule has 0 radical (unpaired) electrons. The summed E-state index contributed by atoms with van der Waals surface area (Å²) < 4.78 is 0. The van der Waals surface area contributed by atoms with Gasteiger partial charge in [0.2, 0.25) is 5.01 Å². The van der Waals surface area contributed by atoms with Crippen LogP contribution in [-0.4, -0.2) is 16.1 Å². The molecule has 1 atom stereocenters. The number of nitrogens with zero attached hydrogens (tertiary/aromatic N) is 1. The Balaban J connectivity index is 1.98. The SMILES string of the molecule is Cc1ccccc1[C@@H](C)NCc1csc(C(=O)O)n1. The Morgan fingerprint density at radius 3 is 2.84 bits per heavy atom. The second-order valence-corrected chi connectivity index (χ2v) is 5.27. The van der Waals surface area contributed by atoms with Crippen LogP contribution < -0.4 is 5.32 Å². The first-order chi connectivity index (χ1) is 9.08. The van der Waals surface area contributed by atoms with Gasteiger partial charge in [0.1, 0.15) is 0 Å². The van der Waals surface area contributed by atoms with Crippen molar-refractivity contribution in [2.24, 2.45) is 0 Å². The molecule has 0 fully saturated rings. The van der Waals surface area contributed by atoms with E-state index in [2.05, 4.69) is 36.3 Å². The van der Waals surface area contributed by atoms with Gasteiger partial charge in [-0.15, -0.1) is 11.3 Å². The number of benzene rings is 1. The standard InChI is InChI=1S/C14H16N2O2S/c1-9-5-3-4-6-12(9)10(2)15-7-11-8-19-13(16-11)14(17)18/h3-6,8,10,15H,7H2,1-2H3,(H,17,18)/t10-/m1/s1. The zero-order valence-electron chi connectivity index (χ0n) is 10.9. The Morgan fingerprint density at radius 2 is 2.21 bits per heavy atom. The lowest BCUT2D eigenvalue weighted by Gasteiger charge is -2.15. The molecule has 0 aliphatic heterocycles. The molecule has 0 aliphatic rings. The molecule has 100 valence electrons. The summed E-state index contributed by atoms with van der Waals surface area (Å²) in [6.45, 7) is 4.74. The molecule has 2 N–H and O–H groups in total. The van der Waals surface area contributed by atoms with Crippen LogP contribution in [0.4, 0.5) is 0 Å². The molecule has 2 aromatic rings. The summed E-state index contributed by atoms with van der Waals surface area (Å²) in [4.78, 5) is 14.8. The number of aromatic nitrogens is 1. The normalized spacial score (nSPS) is 12.3. The fourth-order valence-corrected chi connectivity index (χ4v) is 2.58. The third-order valence-corrected chi connectivity index (χ3v) is 3.86. The topological polar surface area (TPSA) is 62.2 Å². The van der Waals surface area contributed by atoms with Crippen molar-refractivity contribution in [3.63, 3.8) is 0 Å². The Morgan fingerprint density at radius 1 is 1.47 bits per heavy atom. The summed E-state index contributed by atoms with van der Waals surface area (Å²) in [6.07, 6.45) is 0. The molecule has 0 amide bonds. The lowest BCUT2D eigenvalue weighted by Crippen LogP contribution is -2.19. The highest BCUT2D eigenvalue weighted by Gasteiger charge is 2.11. The van der Waals surface area contributed by atoms with Gasteiger partial charge in [0.25, 0.3) is 0 Å². The monoisotopic (exact) mass is 276 g/mol. The summed E-state index contributed by atoms with van der Waals surface area (Å²) in [5.74, 6) is -0.969. The molecule has 1 heterocycles. The van der Waals surface area contributed by atoms with E-state index < -0.39 is 5.97 Å². The van der Waals surface area contributed by atoms with E-state index in [1.165, 1.54) is 11.1 Å². The van der Waals surface area contributed by atoms with Crippen molar-refractivity contribution < 1.29 is 9.90 Å². The molecule has 1 aromatic carbocycles. The number of carboxylic acid groups (broad SMARTS) is 1. The molecule has 19 heavy (non-hydrogen) atoms. The number of hydrogen-bond donors (Lipinski definition) is 2. The average Bonchev–Trinajstić information content (AvgIpc) is 2.85. The van der Waals surface area contributed by atoms with Crippen molar-refractivity contribution in [3.8, 4) is 0 Å². The minimum atomic E-state index is -0.969. The fraction of sp³-hybridized carbons (Fsp3) is 0.286. The van der Waals surface area contributed by atoms with E-state index >= 15 is 0 Å². The van der Waals surface area contributed by atoms with E-state index in [-0.39, 0.29) is 11.0 Å². The molecule has 1 aromatic heterocycles. The molecule has 2 rings (SSSR count). The third-order valence-electron chi connectivity index (χ3n) is 2.98. The van der Waals surface area contributed by atoms with Gasteiger partial charge in [-0.1, -0.05) is 24.3 Å². The smallest absolute Gasteiger partial charge is 0.365 e. The van der Waals surface area contributed by atoms with Gasteiger partial charge in [-0.25, -0.2) is 9.78 Å². The second kappa shape index (κ2) is 5.95. The fourth-order valence-electron chi connectivity index (χ4n) is 1.93. The van der Waals surface area contributed by atoms with Gasteiger partial charge in [0.15, 0.2) is 0 Å². The van der Waals surface area contributed by atoms with Crippen LogP contribution in [0.5, 0.6) is 0 Å². The number of nitrogens with one attached hydrogen (secondary N) is 1. The van der Waals surface area contributed by atoms with Crippen molar-refractivity contribution in [2.45, 2.75) is 26.4 Å². The first-order valence-electron chi connectivity index (χ1n) is 6.04. The van der Waals surface area contributed by atoms with Crippen molar-refractivity contribution in [2.75, 3.05) is 0 Å². The third kappa shape index (κ3) is 3.39. The number of thiazole rings is 1. The van der Waals surface area contributed by atoms with E-state index in [0.29, 0.717) is 6.54 Å². The first-order valence-corrected chi connectivity index (χ1v) is 6.92. The van der Waals surface area contributed by atoms with Gasteiger partial charge < -0.3 is 10.4 Å². The van der Waals surface area contributed by atoms with Gasteiger partial charge >= 0.3 is 5.97 Å². The van der Waals surface area contributed by atoms with E-state index in [1.807, 2.05) is 12.1 Å². The van der Waals surface area contributed by atoms with E-state index in [4.69, 9.17) is 5.11 Å². The van der Waals surface area contributed by atoms with Gasteiger partial charge in [-0.2, -0.15) is 0 Å². The minimum absolute atomic E-state index is 0.139. The molecule has 0 saturated carbocycles. The maximum Gasteiger partial charge on any atom is 0.365 e. The summed E-state index contributed by atoms with van der Waals surface area (Å²) >= 11 is 1.16. The van der Waals surface area contributed by atoms with Gasteiger partial charge in [0, 0.05) is 18.0 Å². The van der Waals surface area contributed by atoms with Crippen LogP contribution in [-0.2, 0) is 6.54 Å². The van der Waals surface area contributed by atoms with Crippen LogP contribution in [0.25, 0.3) is 0 Å². The minimum Gasteiger partial charge on any atom is -0.476 e. The lowest BCUT2D eigenvalue weighted by atomic mass is 10.0. The highest BCUT2D eigenvalue weighted by Crippen LogP contribution is 2.17. The summed E-state index contributed by atoms with van der Waals surface area (Å²) in [5.41, 5.74) is 3.26. The number of rotatable bonds is 5. The molecular weight excluding hydrogens is 260 g/mol. The Hall–Kier alpha value is -1.72. The molecule has 5 heteroatoms. The zero-order valence-corrected chi connectivity index (χ0v) is 11.7. The molecule has 0 bridgehead atoms. The quantitative estimate of drug-likeness (QED) is 0.881. The molecule has 0 saturated heterocycles. The molecule has 4 nitrogen and oxygen atoms in total. The van der Waals surface area contributed by atoms with Crippen molar-refractivity contribution in [1.82, 2.24) is 10.3 Å². The zero-order chi connectivity index (χ0) is 13.8. The number of aryl methyl sites for hydroxylation is 1. The van der Waals surface area contributed by atoms with Gasteiger partial charge in [-0.3, -0.25) is 0 Å². The van der Waals surface area contributed by atoms with Crippen LogP contribution in [0, 0.1) is 6.92 Å². The summed E-state index contributed by atoms with van der Waals surface area (Å²) in [6, 6.07) is 8.42. The predicted molar refractivity (Wildman–Crippen MR) is 75.5 cm³/mol. The second-order valence-electron chi connectivity index (χ2n) is 4.41. The van der Waals surface area contributed by atoms with E-state index in [0.717, 1.165) is 17.0 Å². The maximum absolute atomic E-state index is 10.7. The van der Waals surface area contributed by atoms with Gasteiger partial charge in [-0.05, 0) is 25.0 Å². The molecule has 0 spiro atoms. The molecular formula is C14H16N2O2S. The van der Waals surface area contributed by atoms with Crippen molar-refractivity contribution >= 4 is 17.3 Å². The molecule has 0 unspecified atom stereocenters. The Labute approximate surface area is 116 Å². The van der Waals surface area contributed by atoms with Crippen LogP contribution in [0.2, 0.25) is 0 Å². The number of hydrogen-bond acceptors (Lipinski definition) is 4. The van der Waals surface area contributed by atoms with Crippen LogP contribution >= 0.6 is 11.3 Å². The highest BCUT2D eigenvalue weighted by molar-refractivity contribution is 7.11. The first kappa shape index (κ1) is 13.7. The lowest BCUT2D eigenvalue weighted by molar-refractivity contribution is 0.0696. The van der Waals surface area contributed by atoms with Crippen molar-refractivity contribution in [3.05, 3.63) is 51.5 Å². The highest BCUT2D eigenvalue weighted by atomic mass is 32.1. The summed E-state index contributed by atoms with van der Waals surface area (Å²) in [5, 5.41) is 14.1.